The molecule has 2 aliphatic rings. The van der Waals surface area contributed by atoms with Crippen molar-refractivity contribution in [3.05, 3.63) is 52.6 Å². The van der Waals surface area contributed by atoms with Gasteiger partial charge in [0, 0.05) is 19.2 Å². The highest BCUT2D eigenvalue weighted by molar-refractivity contribution is 5.48. The fourth-order valence-corrected chi connectivity index (χ4v) is 4.22. The van der Waals surface area contributed by atoms with Crippen molar-refractivity contribution in [2.24, 2.45) is 0 Å². The summed E-state index contributed by atoms with van der Waals surface area (Å²) < 4.78 is 16.4. The number of nitrogens with zero attached hydrogens (tertiary/aromatic N) is 3. The molecule has 0 aromatic heterocycles. The molecule has 2 heterocycles. The second kappa shape index (κ2) is 15.1. The summed E-state index contributed by atoms with van der Waals surface area (Å²) in [5, 5.41) is 10.7. The molecular weight excluding hydrogens is 464 g/mol. The number of rotatable bonds is 12. The first-order chi connectivity index (χ1) is 17.6. The van der Waals surface area contributed by atoms with E-state index in [1.54, 1.807) is 13.2 Å². The van der Waals surface area contributed by atoms with Gasteiger partial charge in [0.25, 0.3) is 5.69 Å². The Morgan fingerprint density at radius 3 is 1.94 bits per heavy atom. The summed E-state index contributed by atoms with van der Waals surface area (Å²) in [4.78, 5) is 19.8. The Morgan fingerprint density at radius 2 is 1.42 bits per heavy atom. The molecule has 0 saturated carbocycles. The van der Waals surface area contributed by atoms with Gasteiger partial charge in [0.15, 0.2) is 11.5 Å². The minimum absolute atomic E-state index is 0.00347. The summed E-state index contributed by atoms with van der Waals surface area (Å²) in [6.07, 6.45) is 5.16. The van der Waals surface area contributed by atoms with Gasteiger partial charge in [0.1, 0.15) is 19.0 Å². The summed E-state index contributed by atoms with van der Waals surface area (Å²) in [5.74, 6) is 1.86. The predicted octanol–water partition coefficient (Wildman–Crippen LogP) is 4.21. The first-order valence-electron chi connectivity index (χ1n) is 12.5. The Hall–Kier alpha value is -3.08. The normalized spacial score (nSPS) is 15.7. The minimum Gasteiger partial charge on any atom is -0.493 e. The number of ether oxygens (including phenoxy) is 3. The van der Waals surface area contributed by atoms with Gasteiger partial charge in [0.2, 0.25) is 0 Å². The van der Waals surface area contributed by atoms with Crippen molar-refractivity contribution in [2.45, 2.75) is 25.7 Å². The van der Waals surface area contributed by atoms with Crippen molar-refractivity contribution in [1.29, 1.82) is 0 Å². The molecule has 0 bridgehead atoms. The van der Waals surface area contributed by atoms with Crippen molar-refractivity contribution in [3.63, 3.8) is 0 Å². The van der Waals surface area contributed by atoms with Crippen LogP contribution in [0.15, 0.2) is 42.5 Å². The number of hydrogen-bond acceptors (Lipinski definition) is 9. The summed E-state index contributed by atoms with van der Waals surface area (Å²) in [6, 6.07) is 12.2. The minimum atomic E-state index is -0.448. The van der Waals surface area contributed by atoms with Crippen molar-refractivity contribution < 1.29 is 24.0 Å². The van der Waals surface area contributed by atoms with E-state index in [9.17, 15) is 10.1 Å². The fraction of sp³-hybridized carbons (Fsp3) is 0.538. The summed E-state index contributed by atoms with van der Waals surface area (Å²) >= 11 is 0. The Kier molecular flexibility index (Phi) is 11.6. The maximum Gasteiger partial charge on any atom is 0.273 e. The van der Waals surface area contributed by atoms with Crippen LogP contribution in [0.5, 0.6) is 17.2 Å². The van der Waals surface area contributed by atoms with Crippen LogP contribution in [0.25, 0.3) is 0 Å². The molecule has 2 aliphatic heterocycles. The molecule has 36 heavy (non-hydrogen) atoms. The highest BCUT2D eigenvalue weighted by Gasteiger charge is 2.14. The Balaban J connectivity index is 0.000000202. The van der Waals surface area contributed by atoms with Crippen molar-refractivity contribution >= 4 is 11.4 Å². The van der Waals surface area contributed by atoms with Gasteiger partial charge in [-0.3, -0.25) is 30.2 Å². The van der Waals surface area contributed by atoms with Gasteiger partial charge in [-0.05, 0) is 82.2 Å². The number of nitrogens with one attached hydrogen (secondary N) is 1. The van der Waals surface area contributed by atoms with Gasteiger partial charge < -0.3 is 14.2 Å². The van der Waals surface area contributed by atoms with E-state index in [2.05, 4.69) is 15.3 Å². The van der Waals surface area contributed by atoms with Crippen molar-refractivity contribution in [1.82, 2.24) is 9.80 Å². The standard InChI is InChI=1S/C13H18N2O4.C13H20N2O2/c1-18-13-10-11(15(16)17)4-5-12(13)19-9-8-14-6-2-3-7-14;1-16-14-12-4-6-13(7-5-12)17-11-10-15-8-2-3-9-15/h4-5,10H,2-3,6-9H2,1H3;4-7,14H,2-3,8-11H2,1H3. The van der Waals surface area contributed by atoms with E-state index in [-0.39, 0.29) is 5.69 Å². The molecule has 0 aliphatic carbocycles. The molecule has 2 fully saturated rings. The summed E-state index contributed by atoms with van der Waals surface area (Å²) in [6.45, 7) is 7.92. The topological polar surface area (TPSA) is 98.6 Å². The lowest BCUT2D eigenvalue weighted by Gasteiger charge is -2.16. The summed E-state index contributed by atoms with van der Waals surface area (Å²) in [5.41, 5.74) is 3.71. The zero-order chi connectivity index (χ0) is 25.6. The van der Waals surface area contributed by atoms with Crippen LogP contribution in [0.3, 0.4) is 0 Å². The van der Waals surface area contributed by atoms with Gasteiger partial charge in [-0.25, -0.2) is 0 Å². The number of hydrogen-bond donors (Lipinski definition) is 1. The molecule has 10 heteroatoms. The Labute approximate surface area is 213 Å². The Bertz CT molecular complexity index is 915. The molecule has 0 radical (unpaired) electrons. The average Bonchev–Trinajstić information content (AvgIpc) is 3.60. The Morgan fingerprint density at radius 1 is 0.833 bits per heavy atom. The third kappa shape index (κ3) is 9.18. The molecule has 2 aromatic carbocycles. The average molecular weight is 503 g/mol. The van der Waals surface area contributed by atoms with Crippen molar-refractivity contribution in [3.8, 4) is 17.2 Å². The van der Waals surface area contributed by atoms with Crippen LogP contribution < -0.4 is 19.7 Å². The lowest BCUT2D eigenvalue weighted by atomic mass is 10.3. The number of nitro groups is 1. The molecule has 0 atom stereocenters. The van der Waals surface area contributed by atoms with Crippen LogP contribution >= 0.6 is 0 Å². The van der Waals surface area contributed by atoms with Crippen LogP contribution in [0.1, 0.15) is 25.7 Å². The molecule has 1 N–H and O–H groups in total. The SMILES string of the molecule is CONc1ccc(OCCN2CCCC2)cc1.COc1cc([N+](=O)[O-])ccc1OCCN1CCCC1. The van der Waals surface area contributed by atoms with Crippen LogP contribution in [0.2, 0.25) is 0 Å². The highest BCUT2D eigenvalue weighted by atomic mass is 16.6. The highest BCUT2D eigenvalue weighted by Crippen LogP contribution is 2.31. The van der Waals surface area contributed by atoms with E-state index >= 15 is 0 Å². The van der Waals surface area contributed by atoms with Gasteiger partial charge in [-0.1, -0.05) is 0 Å². The third-order valence-electron chi connectivity index (χ3n) is 6.17. The lowest BCUT2D eigenvalue weighted by molar-refractivity contribution is -0.385. The first kappa shape index (κ1) is 27.5. The number of methoxy groups -OCH3 is 1. The number of non-ortho nitro benzene ring substituents is 1. The van der Waals surface area contributed by atoms with Crippen molar-refractivity contribution in [2.75, 3.05) is 72.2 Å². The van der Waals surface area contributed by atoms with E-state index in [4.69, 9.17) is 19.0 Å². The van der Waals surface area contributed by atoms with Gasteiger partial charge in [-0.15, -0.1) is 0 Å². The summed E-state index contributed by atoms with van der Waals surface area (Å²) in [7, 11) is 3.08. The molecule has 2 saturated heterocycles. The molecule has 198 valence electrons. The molecule has 0 amide bonds. The van der Waals surface area contributed by atoms with Gasteiger partial charge in [0.05, 0.1) is 30.9 Å². The van der Waals surface area contributed by atoms with E-state index < -0.39 is 4.92 Å². The van der Waals surface area contributed by atoms with Crippen LogP contribution in [-0.4, -0.2) is 81.4 Å². The fourth-order valence-electron chi connectivity index (χ4n) is 4.22. The third-order valence-corrected chi connectivity index (χ3v) is 6.17. The van der Waals surface area contributed by atoms with E-state index in [0.717, 1.165) is 44.2 Å². The molecular formula is C26H38N4O6. The van der Waals surface area contributed by atoms with Gasteiger partial charge in [-0.2, -0.15) is 0 Å². The molecule has 4 rings (SSSR count). The maximum atomic E-state index is 10.7. The van der Waals surface area contributed by atoms with Crippen LogP contribution in [0.4, 0.5) is 11.4 Å². The molecule has 2 aromatic rings. The molecule has 0 unspecified atom stereocenters. The lowest BCUT2D eigenvalue weighted by Crippen LogP contribution is -2.25. The second-order valence-electron chi connectivity index (χ2n) is 8.72. The van der Waals surface area contributed by atoms with Crippen LogP contribution in [0, 0.1) is 10.1 Å². The number of anilines is 1. The second-order valence-corrected chi connectivity index (χ2v) is 8.72. The monoisotopic (exact) mass is 502 g/mol. The first-order valence-corrected chi connectivity index (χ1v) is 12.5. The van der Waals surface area contributed by atoms with E-state index in [1.807, 2.05) is 24.3 Å². The smallest absolute Gasteiger partial charge is 0.273 e. The largest absolute Gasteiger partial charge is 0.493 e. The number of likely N-dealkylation sites (tertiary alicyclic amines) is 2. The predicted molar refractivity (Wildman–Crippen MR) is 139 cm³/mol. The van der Waals surface area contributed by atoms with Crippen LogP contribution in [-0.2, 0) is 4.84 Å². The molecule has 0 spiro atoms. The number of benzene rings is 2. The van der Waals surface area contributed by atoms with Gasteiger partial charge >= 0.3 is 0 Å². The zero-order valence-corrected chi connectivity index (χ0v) is 21.3. The zero-order valence-electron chi connectivity index (χ0n) is 21.3. The van der Waals surface area contributed by atoms with E-state index in [1.165, 1.54) is 58.0 Å². The van der Waals surface area contributed by atoms with E-state index in [0.29, 0.717) is 18.1 Å². The number of nitro benzene ring substituents is 1. The quantitative estimate of drug-likeness (QED) is 0.338. The molecule has 10 nitrogen and oxygen atoms in total. The maximum absolute atomic E-state index is 10.7.